The maximum atomic E-state index is 13.1. The van der Waals surface area contributed by atoms with Crippen LogP contribution in [0, 0.1) is 29.6 Å². The van der Waals surface area contributed by atoms with Gasteiger partial charge in [-0.05, 0) is 90.4 Å². The molecule has 32 heavy (non-hydrogen) atoms. The molecule has 0 aromatic rings. The summed E-state index contributed by atoms with van der Waals surface area (Å²) in [5, 5.41) is 0. The number of piperidine rings is 1. The lowest BCUT2D eigenvalue weighted by atomic mass is 9.57. The predicted octanol–water partition coefficient (Wildman–Crippen LogP) is 6.17. The van der Waals surface area contributed by atoms with Crippen molar-refractivity contribution in [2.24, 2.45) is 29.6 Å². The summed E-state index contributed by atoms with van der Waals surface area (Å²) >= 11 is 0. The summed E-state index contributed by atoms with van der Waals surface area (Å²) in [6.45, 7) is 10.2. The van der Waals surface area contributed by atoms with Crippen LogP contribution < -0.4 is 0 Å². The van der Waals surface area contributed by atoms with Crippen LogP contribution in [0.5, 0.6) is 0 Å². The smallest absolute Gasteiger partial charge is 0.411 e. The minimum atomic E-state index is -0.472. The average Bonchev–Trinajstić information content (AvgIpc) is 3.05. The van der Waals surface area contributed by atoms with Gasteiger partial charge in [0.05, 0.1) is 12.1 Å². The Morgan fingerprint density at radius 3 is 2.47 bits per heavy atom. The first kappa shape index (κ1) is 24.1. The Bertz CT molecular complexity index is 686. The maximum absolute atomic E-state index is 13.1. The van der Waals surface area contributed by atoms with Crippen molar-refractivity contribution in [3.05, 3.63) is 12.2 Å². The quantitative estimate of drug-likeness (QED) is 0.485. The molecular weight excluding hydrogens is 402 g/mol. The third-order valence-electron chi connectivity index (χ3n) is 8.56. The van der Waals surface area contributed by atoms with Crippen LogP contribution in [0.3, 0.4) is 0 Å². The van der Waals surface area contributed by atoms with Crippen molar-refractivity contribution in [2.45, 2.75) is 116 Å². The highest BCUT2D eigenvalue weighted by molar-refractivity contribution is 5.69. The highest BCUT2D eigenvalue weighted by atomic mass is 16.7. The maximum Gasteiger partial charge on any atom is 0.411 e. The number of methoxy groups -OCH3 is 1. The fourth-order valence-electron chi connectivity index (χ4n) is 7.27. The molecule has 4 aliphatic rings. The van der Waals surface area contributed by atoms with Gasteiger partial charge in [-0.3, -0.25) is 4.90 Å². The van der Waals surface area contributed by atoms with Crippen LogP contribution in [-0.2, 0) is 14.2 Å². The van der Waals surface area contributed by atoms with E-state index >= 15 is 0 Å². The molecule has 2 aliphatic heterocycles. The summed E-state index contributed by atoms with van der Waals surface area (Å²) in [7, 11) is 1.79. The molecule has 0 aromatic carbocycles. The minimum Gasteiger partial charge on any atom is -0.444 e. The van der Waals surface area contributed by atoms with Gasteiger partial charge >= 0.3 is 6.09 Å². The second kappa shape index (κ2) is 9.66. The van der Waals surface area contributed by atoms with Gasteiger partial charge in [-0.1, -0.05) is 31.4 Å². The Balaban J connectivity index is 1.57. The minimum absolute atomic E-state index is 0.0678. The fraction of sp³-hybridized carbons (Fsp3) is 0.889. The summed E-state index contributed by atoms with van der Waals surface area (Å²) in [6.07, 6.45) is 14.6. The number of rotatable bonds is 3. The molecule has 0 bridgehead atoms. The van der Waals surface area contributed by atoms with Crippen molar-refractivity contribution in [1.82, 2.24) is 4.90 Å². The van der Waals surface area contributed by atoms with Gasteiger partial charge in [0.2, 0.25) is 0 Å². The molecule has 0 spiro atoms. The first-order valence-electron chi connectivity index (χ1n) is 13.1. The van der Waals surface area contributed by atoms with Crippen molar-refractivity contribution in [2.75, 3.05) is 7.11 Å². The molecule has 0 aromatic heterocycles. The van der Waals surface area contributed by atoms with Gasteiger partial charge in [0, 0.05) is 19.1 Å². The first-order valence-corrected chi connectivity index (χ1v) is 13.1. The first-order chi connectivity index (χ1) is 15.2. The average molecular weight is 448 g/mol. The monoisotopic (exact) mass is 447 g/mol. The molecule has 2 heterocycles. The lowest BCUT2D eigenvalue weighted by Crippen LogP contribution is -2.50. The number of likely N-dealkylation sites (tertiary alicyclic amines) is 1. The van der Waals surface area contributed by atoms with Crippen LogP contribution in [0.1, 0.15) is 86.0 Å². The molecule has 4 rings (SSSR count). The molecule has 0 N–H and O–H groups in total. The summed E-state index contributed by atoms with van der Waals surface area (Å²) in [5.74, 6) is 3.01. The van der Waals surface area contributed by atoms with Gasteiger partial charge in [-0.2, -0.15) is 0 Å². The molecule has 2 saturated heterocycles. The highest BCUT2D eigenvalue weighted by Crippen LogP contribution is 2.55. The van der Waals surface area contributed by atoms with E-state index in [2.05, 4.69) is 26.0 Å². The number of nitrogens with zero attached hydrogens (tertiary/aromatic N) is 1. The lowest BCUT2D eigenvalue weighted by molar-refractivity contribution is -0.132. The molecular formula is C27H45NO4. The number of allylic oxidation sites excluding steroid dienone is 1. The van der Waals surface area contributed by atoms with E-state index in [-0.39, 0.29) is 30.6 Å². The SMILES string of the molecule is CO[C@@H]1O[C@H](C)[C@H]2[C@@H](/C=C/[C@@H]3CCC[C@@H](C)N3C(=O)OC(C)(C)C)[C@@H]3CCCC[C@H]3C[C@@H]12. The van der Waals surface area contributed by atoms with Crippen LogP contribution in [0.2, 0.25) is 0 Å². The molecule has 9 atom stereocenters. The standard InChI is InChI=1S/C27H45NO4/c1-17-10-9-12-20(28(17)26(29)32-27(3,4)5)14-15-22-21-13-8-7-11-19(21)16-23-24(22)18(2)31-25(23)30-6/h14-15,17-25H,7-13,16H2,1-6H3/b15-14+/t17-,18-,19+,20+,21-,22+,23-,24+,25-/m1/s1. The molecule has 5 nitrogen and oxygen atoms in total. The molecule has 2 aliphatic carbocycles. The van der Waals surface area contributed by atoms with E-state index in [1.165, 1.54) is 32.1 Å². The van der Waals surface area contributed by atoms with E-state index in [1.807, 2.05) is 25.7 Å². The number of carbonyl (C=O) groups is 1. The van der Waals surface area contributed by atoms with E-state index < -0.39 is 5.60 Å². The van der Waals surface area contributed by atoms with Gasteiger partial charge in [0.25, 0.3) is 0 Å². The van der Waals surface area contributed by atoms with Crippen LogP contribution in [0.25, 0.3) is 0 Å². The fourth-order valence-corrected chi connectivity index (χ4v) is 7.27. The number of ether oxygens (including phenoxy) is 3. The molecule has 2 saturated carbocycles. The van der Waals surface area contributed by atoms with Crippen molar-refractivity contribution in [3.8, 4) is 0 Å². The van der Waals surface area contributed by atoms with E-state index in [0.29, 0.717) is 17.8 Å². The lowest BCUT2D eigenvalue weighted by Gasteiger charge is -2.47. The summed E-state index contributed by atoms with van der Waals surface area (Å²) in [4.78, 5) is 15.1. The van der Waals surface area contributed by atoms with Crippen LogP contribution >= 0.6 is 0 Å². The van der Waals surface area contributed by atoms with Gasteiger partial charge < -0.3 is 14.2 Å². The van der Waals surface area contributed by atoms with E-state index in [4.69, 9.17) is 14.2 Å². The van der Waals surface area contributed by atoms with Gasteiger partial charge in [-0.15, -0.1) is 0 Å². The Morgan fingerprint density at radius 1 is 1.00 bits per heavy atom. The zero-order valence-electron chi connectivity index (χ0n) is 21.1. The largest absolute Gasteiger partial charge is 0.444 e. The molecule has 0 radical (unpaired) electrons. The Hall–Kier alpha value is -1.07. The topological polar surface area (TPSA) is 48.0 Å². The molecule has 1 amide bonds. The predicted molar refractivity (Wildman–Crippen MR) is 126 cm³/mol. The zero-order chi connectivity index (χ0) is 23.0. The Kier molecular flexibility index (Phi) is 7.26. The highest BCUT2D eigenvalue weighted by Gasteiger charge is 2.53. The van der Waals surface area contributed by atoms with E-state index in [9.17, 15) is 4.79 Å². The second-order valence-electron chi connectivity index (χ2n) is 11.8. The number of hydrogen-bond donors (Lipinski definition) is 0. The third-order valence-corrected chi connectivity index (χ3v) is 8.56. The van der Waals surface area contributed by atoms with Crippen molar-refractivity contribution in [3.63, 3.8) is 0 Å². The second-order valence-corrected chi connectivity index (χ2v) is 11.8. The van der Waals surface area contributed by atoms with Crippen molar-refractivity contribution >= 4 is 6.09 Å². The van der Waals surface area contributed by atoms with E-state index in [0.717, 1.165) is 31.1 Å². The van der Waals surface area contributed by atoms with Gasteiger partial charge in [0.1, 0.15) is 5.60 Å². The number of hydrogen-bond acceptors (Lipinski definition) is 4. The number of fused-ring (bicyclic) bond motifs is 2. The van der Waals surface area contributed by atoms with Crippen LogP contribution in [0.4, 0.5) is 4.79 Å². The zero-order valence-corrected chi connectivity index (χ0v) is 21.1. The number of amides is 1. The third kappa shape index (κ3) is 4.89. The van der Waals surface area contributed by atoms with Crippen LogP contribution in [-0.4, -0.2) is 48.2 Å². The summed E-state index contributed by atoms with van der Waals surface area (Å²) < 4.78 is 17.8. The molecule has 5 heteroatoms. The van der Waals surface area contributed by atoms with Crippen molar-refractivity contribution in [1.29, 1.82) is 0 Å². The van der Waals surface area contributed by atoms with Gasteiger partial charge in [0.15, 0.2) is 6.29 Å². The summed E-state index contributed by atoms with van der Waals surface area (Å²) in [6, 6.07) is 0.327. The Morgan fingerprint density at radius 2 is 1.75 bits per heavy atom. The van der Waals surface area contributed by atoms with Crippen molar-refractivity contribution < 1.29 is 19.0 Å². The normalized spacial score (nSPS) is 42.6. The summed E-state index contributed by atoms with van der Waals surface area (Å²) in [5.41, 5.74) is -0.472. The number of carbonyl (C=O) groups excluding carboxylic acids is 1. The van der Waals surface area contributed by atoms with Gasteiger partial charge in [-0.25, -0.2) is 4.79 Å². The molecule has 4 fully saturated rings. The molecule has 0 unspecified atom stereocenters. The van der Waals surface area contributed by atoms with Crippen LogP contribution in [0.15, 0.2) is 12.2 Å². The van der Waals surface area contributed by atoms with E-state index in [1.54, 1.807) is 7.11 Å². The molecule has 182 valence electrons. The Labute approximate surface area is 195 Å².